The molecule has 8 heteroatoms. The van der Waals surface area contributed by atoms with Gasteiger partial charge in [-0.15, -0.1) is 0 Å². The standard InChI is InChI=1S/C17H21NO3.CH4O3S/c1-18-8-7-17-6-5-12(19)9-14(17)21-16-13(20-2)4-3-11(10-18)15(16)17;1-5(2,3)4/h3-6,12,14,19H,7-10H2,1-2H3;1H3,(H,2,3,4)/t12-,14-,17-;/m0./s1. The monoisotopic (exact) mass is 383 g/mol. The van der Waals surface area contributed by atoms with Crippen molar-refractivity contribution in [2.24, 2.45) is 0 Å². The highest BCUT2D eigenvalue weighted by Gasteiger charge is 2.52. The molecule has 3 aliphatic rings. The van der Waals surface area contributed by atoms with Gasteiger partial charge in [0.05, 0.1) is 24.9 Å². The number of aliphatic hydroxyl groups excluding tert-OH is 1. The van der Waals surface area contributed by atoms with E-state index in [1.807, 2.05) is 12.1 Å². The average Bonchev–Trinajstić information content (AvgIpc) is 2.78. The first-order chi connectivity index (χ1) is 12.1. The van der Waals surface area contributed by atoms with Crippen molar-refractivity contribution in [1.82, 2.24) is 4.90 Å². The molecule has 0 saturated carbocycles. The van der Waals surface area contributed by atoms with E-state index in [1.54, 1.807) is 7.11 Å². The topological polar surface area (TPSA) is 96.3 Å². The molecule has 1 spiro atoms. The molecule has 0 unspecified atom stereocenters. The molecule has 26 heavy (non-hydrogen) atoms. The number of hydrogen-bond donors (Lipinski definition) is 2. The van der Waals surface area contributed by atoms with Crippen LogP contribution in [0, 0.1) is 0 Å². The Bertz CT molecular complexity index is 813. The molecular formula is C18H25NO6S. The van der Waals surface area contributed by atoms with Gasteiger partial charge >= 0.3 is 0 Å². The summed E-state index contributed by atoms with van der Waals surface area (Å²) in [5.74, 6) is 1.68. The minimum atomic E-state index is -3.67. The van der Waals surface area contributed by atoms with E-state index in [1.165, 1.54) is 11.1 Å². The van der Waals surface area contributed by atoms with Crippen LogP contribution < -0.4 is 9.47 Å². The highest BCUT2D eigenvalue weighted by molar-refractivity contribution is 7.85. The summed E-state index contributed by atoms with van der Waals surface area (Å²) in [5.41, 5.74) is 2.48. The van der Waals surface area contributed by atoms with Crippen LogP contribution in [0.3, 0.4) is 0 Å². The van der Waals surface area contributed by atoms with Crippen LogP contribution in [0.25, 0.3) is 0 Å². The lowest BCUT2D eigenvalue weighted by Crippen LogP contribution is -2.42. The first kappa shape index (κ1) is 19.2. The molecule has 0 saturated heterocycles. The van der Waals surface area contributed by atoms with Crippen molar-refractivity contribution >= 4 is 10.1 Å². The Morgan fingerprint density at radius 2 is 2.08 bits per heavy atom. The fraction of sp³-hybridized carbons (Fsp3) is 0.556. The van der Waals surface area contributed by atoms with Crippen LogP contribution >= 0.6 is 0 Å². The van der Waals surface area contributed by atoms with Gasteiger partial charge in [-0.25, -0.2) is 0 Å². The summed E-state index contributed by atoms with van der Waals surface area (Å²) in [6.45, 7) is 1.96. The first-order valence-electron chi connectivity index (χ1n) is 8.49. The second-order valence-electron chi connectivity index (χ2n) is 7.16. The van der Waals surface area contributed by atoms with Gasteiger partial charge in [0.15, 0.2) is 11.5 Å². The largest absolute Gasteiger partial charge is 0.493 e. The third-order valence-electron chi connectivity index (χ3n) is 5.15. The van der Waals surface area contributed by atoms with Crippen LogP contribution in [-0.4, -0.2) is 62.1 Å². The summed E-state index contributed by atoms with van der Waals surface area (Å²) < 4.78 is 37.6. The Morgan fingerprint density at radius 3 is 2.73 bits per heavy atom. The molecule has 1 aromatic carbocycles. The predicted octanol–water partition coefficient (Wildman–Crippen LogP) is 1.35. The normalized spacial score (nSPS) is 29.6. The SMILES string of the molecule is COc1ccc2c3c1O[C@H]1C[C@@H](O)C=C[C@@]31CCN(C)C2.CS(=O)(=O)O. The van der Waals surface area contributed by atoms with E-state index in [0.717, 1.165) is 31.0 Å². The molecule has 0 amide bonds. The van der Waals surface area contributed by atoms with Gasteiger partial charge in [0.1, 0.15) is 6.10 Å². The lowest BCUT2D eigenvalue weighted by atomic mass is 9.69. The average molecular weight is 383 g/mol. The molecule has 4 rings (SSSR count). The molecule has 0 aromatic heterocycles. The number of ether oxygens (including phenoxy) is 2. The van der Waals surface area contributed by atoms with Crippen LogP contribution in [0.2, 0.25) is 0 Å². The van der Waals surface area contributed by atoms with Crippen molar-refractivity contribution in [3.05, 3.63) is 35.4 Å². The van der Waals surface area contributed by atoms with Gasteiger partial charge in [0.2, 0.25) is 0 Å². The molecule has 7 nitrogen and oxygen atoms in total. The lowest BCUT2D eigenvalue weighted by Gasteiger charge is -2.35. The molecule has 0 radical (unpaired) electrons. The van der Waals surface area contributed by atoms with Crippen LogP contribution in [0.1, 0.15) is 24.0 Å². The second kappa shape index (κ2) is 6.84. The molecule has 1 aliphatic carbocycles. The van der Waals surface area contributed by atoms with E-state index in [9.17, 15) is 13.5 Å². The molecule has 0 fully saturated rings. The van der Waals surface area contributed by atoms with Gasteiger partial charge in [-0.05, 0) is 31.6 Å². The molecule has 3 atom stereocenters. The van der Waals surface area contributed by atoms with Crippen molar-refractivity contribution < 1.29 is 27.6 Å². The first-order valence-corrected chi connectivity index (χ1v) is 10.3. The van der Waals surface area contributed by atoms with Gasteiger partial charge in [-0.1, -0.05) is 18.2 Å². The third-order valence-corrected chi connectivity index (χ3v) is 5.15. The highest BCUT2D eigenvalue weighted by Crippen LogP contribution is 2.55. The zero-order chi connectivity index (χ0) is 19.1. The fourth-order valence-corrected chi connectivity index (χ4v) is 4.08. The van der Waals surface area contributed by atoms with Gasteiger partial charge in [-0.3, -0.25) is 4.55 Å². The van der Waals surface area contributed by atoms with Crippen molar-refractivity contribution in [3.8, 4) is 11.5 Å². The Morgan fingerprint density at radius 1 is 1.38 bits per heavy atom. The van der Waals surface area contributed by atoms with E-state index < -0.39 is 16.2 Å². The van der Waals surface area contributed by atoms with Gasteiger partial charge in [0, 0.05) is 18.5 Å². The van der Waals surface area contributed by atoms with Crippen molar-refractivity contribution in [2.45, 2.75) is 37.0 Å². The van der Waals surface area contributed by atoms with Gasteiger partial charge < -0.3 is 19.5 Å². The van der Waals surface area contributed by atoms with Crippen LogP contribution in [-0.2, 0) is 22.1 Å². The highest BCUT2D eigenvalue weighted by atomic mass is 32.2. The van der Waals surface area contributed by atoms with Crippen LogP contribution in [0.15, 0.2) is 24.3 Å². The fourth-order valence-electron chi connectivity index (χ4n) is 4.08. The maximum absolute atomic E-state index is 9.97. The summed E-state index contributed by atoms with van der Waals surface area (Å²) in [7, 11) is 0.176. The molecule has 2 N–H and O–H groups in total. The lowest BCUT2D eigenvalue weighted by molar-refractivity contribution is 0.0821. The predicted molar refractivity (Wildman–Crippen MR) is 97.3 cm³/mol. The summed E-state index contributed by atoms with van der Waals surface area (Å²) in [6.07, 6.45) is 6.10. The number of benzene rings is 1. The maximum Gasteiger partial charge on any atom is 0.261 e. The van der Waals surface area contributed by atoms with Crippen molar-refractivity contribution in [3.63, 3.8) is 0 Å². The van der Waals surface area contributed by atoms with Gasteiger partial charge in [0.25, 0.3) is 10.1 Å². The smallest absolute Gasteiger partial charge is 0.261 e. The number of aliphatic hydroxyl groups is 1. The minimum Gasteiger partial charge on any atom is -0.493 e. The molecule has 2 heterocycles. The summed E-state index contributed by atoms with van der Waals surface area (Å²) in [6, 6.07) is 4.16. The molecule has 2 aliphatic heterocycles. The minimum absolute atomic E-state index is 0.00838. The number of nitrogens with zero attached hydrogens (tertiary/aromatic N) is 1. The third kappa shape index (κ3) is 3.59. The van der Waals surface area contributed by atoms with Crippen LogP contribution in [0.5, 0.6) is 11.5 Å². The molecule has 1 aromatic rings. The quantitative estimate of drug-likeness (QED) is 0.558. The maximum atomic E-state index is 9.97. The Labute approximate surface area is 154 Å². The zero-order valence-electron chi connectivity index (χ0n) is 15.2. The van der Waals surface area contributed by atoms with E-state index in [0.29, 0.717) is 12.7 Å². The van der Waals surface area contributed by atoms with Gasteiger partial charge in [-0.2, -0.15) is 8.42 Å². The van der Waals surface area contributed by atoms with Crippen LogP contribution in [0.4, 0.5) is 0 Å². The number of hydrogen-bond acceptors (Lipinski definition) is 6. The molecule has 0 bridgehead atoms. The van der Waals surface area contributed by atoms with Crippen molar-refractivity contribution in [2.75, 3.05) is 27.0 Å². The summed E-state index contributed by atoms with van der Waals surface area (Å²) in [5, 5.41) is 9.97. The van der Waals surface area contributed by atoms with E-state index in [-0.39, 0.29) is 11.5 Å². The Hall–Kier alpha value is -1.61. The van der Waals surface area contributed by atoms with E-state index in [2.05, 4.69) is 24.1 Å². The Balaban J connectivity index is 0.000000349. The molecular weight excluding hydrogens is 358 g/mol. The summed E-state index contributed by atoms with van der Waals surface area (Å²) in [4.78, 5) is 2.35. The second-order valence-corrected chi connectivity index (χ2v) is 8.63. The number of rotatable bonds is 1. The van der Waals surface area contributed by atoms with E-state index >= 15 is 0 Å². The van der Waals surface area contributed by atoms with E-state index in [4.69, 9.17) is 14.0 Å². The van der Waals surface area contributed by atoms with Crippen molar-refractivity contribution in [1.29, 1.82) is 0 Å². The number of methoxy groups -OCH3 is 1. The summed E-state index contributed by atoms with van der Waals surface area (Å²) >= 11 is 0. The zero-order valence-corrected chi connectivity index (χ0v) is 16.0. The Kier molecular flexibility index (Phi) is 5.04. The molecule has 144 valence electrons.